The first-order valence-electron chi connectivity index (χ1n) is 33.9. The van der Waals surface area contributed by atoms with E-state index in [4.69, 9.17) is 60.0 Å². The van der Waals surface area contributed by atoms with Crippen LogP contribution in [0.1, 0.15) is 71.7 Å². The van der Waals surface area contributed by atoms with Crippen molar-refractivity contribution in [1.82, 2.24) is 39.5 Å². The van der Waals surface area contributed by atoms with Gasteiger partial charge in [0, 0.05) is 142 Å². The number of morpholine rings is 2. The molecular formula is C73H81ClN14O8. The summed E-state index contributed by atoms with van der Waals surface area (Å²) in [5, 5.41) is 25.1. The van der Waals surface area contributed by atoms with Crippen LogP contribution in [0.3, 0.4) is 0 Å². The molecule has 2 saturated heterocycles. The lowest BCUT2D eigenvalue weighted by Gasteiger charge is -2.37. The van der Waals surface area contributed by atoms with E-state index < -0.39 is 0 Å². The summed E-state index contributed by atoms with van der Waals surface area (Å²) >= 11 is 7.16. The Kier molecular flexibility index (Phi) is 20.0. The van der Waals surface area contributed by atoms with Gasteiger partial charge in [-0.05, 0) is 79.1 Å². The minimum absolute atomic E-state index is 0.0467. The summed E-state index contributed by atoms with van der Waals surface area (Å²) in [6.45, 7) is 14.8. The number of nitriles is 2. The lowest BCUT2D eigenvalue weighted by Crippen LogP contribution is -2.42. The van der Waals surface area contributed by atoms with E-state index in [9.17, 15) is 20.1 Å². The molecule has 4 aromatic carbocycles. The zero-order valence-electron chi connectivity index (χ0n) is 54.5. The quantitative estimate of drug-likeness (QED) is 0.0433. The summed E-state index contributed by atoms with van der Waals surface area (Å²) in [7, 11) is 0. The molecule has 8 aliphatic rings. The molecule has 0 radical (unpaired) electrons. The van der Waals surface area contributed by atoms with E-state index in [1.165, 1.54) is 16.3 Å². The second kappa shape index (κ2) is 29.7. The molecule has 0 spiro atoms. The van der Waals surface area contributed by atoms with E-state index in [-0.39, 0.29) is 61.4 Å². The Labute approximate surface area is 565 Å². The zero-order chi connectivity index (χ0) is 65.5. The minimum Gasteiger partial charge on any atom is -0.461 e. The number of rotatable bonds is 23. The molecule has 2 saturated carbocycles. The number of allylic oxidation sites excluding steroid dienone is 2. The maximum atomic E-state index is 13.7. The van der Waals surface area contributed by atoms with E-state index in [0.717, 1.165) is 102 Å². The number of hydrogen-bond donors (Lipinski definition) is 0. The first kappa shape index (κ1) is 64.6. The van der Waals surface area contributed by atoms with Crippen LogP contribution < -0.4 is 29.1 Å². The van der Waals surface area contributed by atoms with Gasteiger partial charge < -0.3 is 57.8 Å². The molecule has 8 heterocycles. The van der Waals surface area contributed by atoms with Gasteiger partial charge in [-0.25, -0.2) is 0 Å². The largest absolute Gasteiger partial charge is 0.461 e. The van der Waals surface area contributed by atoms with Crippen LogP contribution in [-0.2, 0) is 54.5 Å². The number of amides is 2. The van der Waals surface area contributed by atoms with Crippen LogP contribution in [0.4, 0.5) is 23.0 Å². The minimum atomic E-state index is -0.157. The molecule has 2 aromatic heterocycles. The topological polar surface area (TPSA) is 215 Å². The van der Waals surface area contributed by atoms with Gasteiger partial charge in [-0.3, -0.25) is 19.4 Å². The molecule has 23 heteroatoms. The van der Waals surface area contributed by atoms with Gasteiger partial charge in [-0.1, -0.05) is 72.3 Å². The Morgan fingerprint density at radius 3 is 1.73 bits per heavy atom. The van der Waals surface area contributed by atoms with Gasteiger partial charge >= 0.3 is 12.0 Å². The normalized spacial score (nSPS) is 20.1. The highest BCUT2D eigenvalue weighted by atomic mass is 35.5. The summed E-state index contributed by atoms with van der Waals surface area (Å²) in [5.74, 6) is 1.24. The van der Waals surface area contributed by atoms with Gasteiger partial charge in [0.1, 0.15) is 24.8 Å². The number of hydrogen-bond acceptors (Lipinski definition) is 20. The molecule has 4 fully saturated rings. The fourth-order valence-electron chi connectivity index (χ4n) is 14.0. The van der Waals surface area contributed by atoms with Gasteiger partial charge in [0.15, 0.2) is 0 Å². The average Bonchev–Trinajstić information content (AvgIpc) is 1.04. The van der Waals surface area contributed by atoms with Crippen LogP contribution in [0.25, 0.3) is 21.5 Å². The van der Waals surface area contributed by atoms with Crippen molar-refractivity contribution in [2.24, 2.45) is 0 Å². The third-order valence-corrected chi connectivity index (χ3v) is 19.5. The van der Waals surface area contributed by atoms with Crippen LogP contribution in [0.15, 0.2) is 115 Å². The monoisotopic (exact) mass is 1320 g/mol. The van der Waals surface area contributed by atoms with E-state index >= 15 is 0 Å². The summed E-state index contributed by atoms with van der Waals surface area (Å²) in [6, 6.07) is 28.5. The molecule has 6 aliphatic heterocycles. The molecule has 498 valence electrons. The molecule has 96 heavy (non-hydrogen) atoms. The molecule has 14 rings (SSSR count). The Hall–Kier alpha value is -8.71. The summed E-state index contributed by atoms with van der Waals surface area (Å²) in [5.41, 5.74) is 9.43. The number of carbonyl (C=O) groups is 2. The van der Waals surface area contributed by atoms with E-state index in [1.54, 1.807) is 22.0 Å². The highest BCUT2D eigenvalue weighted by molar-refractivity contribution is 6.36. The van der Waals surface area contributed by atoms with Crippen molar-refractivity contribution < 1.29 is 38.0 Å². The molecule has 2 atom stereocenters. The molecule has 6 aromatic rings. The van der Waals surface area contributed by atoms with E-state index in [0.29, 0.717) is 146 Å². The number of nitrogens with zero attached hydrogens (tertiary/aromatic N) is 14. The van der Waals surface area contributed by atoms with Crippen LogP contribution in [-0.4, -0.2) is 195 Å². The van der Waals surface area contributed by atoms with Crippen molar-refractivity contribution in [3.63, 3.8) is 0 Å². The maximum Gasteiger partial charge on any atom is 0.318 e. The molecule has 0 bridgehead atoms. The van der Waals surface area contributed by atoms with Gasteiger partial charge in [-0.2, -0.15) is 30.5 Å². The Morgan fingerprint density at radius 1 is 0.615 bits per heavy atom. The van der Waals surface area contributed by atoms with Crippen molar-refractivity contribution >= 4 is 68.0 Å². The average molecular weight is 1320 g/mol. The molecule has 2 unspecified atom stereocenters. The van der Waals surface area contributed by atoms with Crippen LogP contribution in [0.5, 0.6) is 12.0 Å². The summed E-state index contributed by atoms with van der Waals surface area (Å²) < 4.78 is 36.3. The fraction of sp³-hybridized carbons (Fsp3) is 0.452. The first-order valence-corrected chi connectivity index (χ1v) is 34.2. The first-order chi connectivity index (χ1) is 47.1. The standard InChI is InChI=1S/C73H81ClN14O8/c1-50-7-2-8-51-9-4-12-63(68(50)51)83-25-19-57-61(48-83)77-73(80-70(57)85-27-29-87(54(46-85)17-21-75)66(89)13-5-23-81-31-35-91-36-32-81)96-42-40-94-65-45-59(65)53-43-52-10-3-11-60(74)69(52)64(44-53)84-26-20-58-62(49-84)78-72(95-41-39-93-56-15-16-56)79-71(58)86-28-30-88(55(47-86)18-22-76)67(90)14-6-24-82-33-37-92-38-34-82/h2-14,43-44,46-47,56,59,65H,15-20,23-42,45,48-49H2,1H3/b13-5+,14-6+. The Bertz CT molecular complexity index is 4090. The third kappa shape index (κ3) is 14.8. The zero-order valence-corrected chi connectivity index (χ0v) is 55.2. The third-order valence-electron chi connectivity index (χ3n) is 19.2. The molecule has 2 aliphatic carbocycles. The van der Waals surface area contributed by atoms with Gasteiger partial charge in [0.2, 0.25) is 0 Å². The van der Waals surface area contributed by atoms with Gasteiger partial charge in [0.05, 0.1) is 118 Å². The van der Waals surface area contributed by atoms with Crippen LogP contribution >= 0.6 is 11.6 Å². The highest BCUT2D eigenvalue weighted by Gasteiger charge is 2.41. The number of carbonyl (C=O) groups excluding carboxylic acids is 2. The molecule has 2 amide bonds. The van der Waals surface area contributed by atoms with Crippen LogP contribution in [0, 0.1) is 29.6 Å². The van der Waals surface area contributed by atoms with Crippen molar-refractivity contribution in [3.8, 4) is 24.2 Å². The second-order valence-electron chi connectivity index (χ2n) is 25.6. The predicted molar refractivity (Wildman–Crippen MR) is 366 cm³/mol. The number of aromatic nitrogens is 4. The van der Waals surface area contributed by atoms with Crippen molar-refractivity contribution in [2.75, 3.05) is 151 Å². The van der Waals surface area contributed by atoms with E-state index in [2.05, 4.69) is 103 Å². The smallest absolute Gasteiger partial charge is 0.318 e. The maximum absolute atomic E-state index is 13.7. The lowest BCUT2D eigenvalue weighted by atomic mass is 9.98. The lowest BCUT2D eigenvalue weighted by molar-refractivity contribution is -0.125. The van der Waals surface area contributed by atoms with Crippen LogP contribution in [0.2, 0.25) is 5.02 Å². The van der Waals surface area contributed by atoms with Crippen molar-refractivity contribution in [1.29, 1.82) is 10.5 Å². The number of ether oxygens (including phenoxy) is 6. The summed E-state index contributed by atoms with van der Waals surface area (Å²) in [6.07, 6.45) is 15.4. The number of benzene rings is 4. The highest BCUT2D eigenvalue weighted by Crippen LogP contribution is 2.48. The molecular weight excluding hydrogens is 1240 g/mol. The number of fused-ring (bicyclic) bond motifs is 4. The van der Waals surface area contributed by atoms with Crippen molar-refractivity contribution in [3.05, 3.63) is 153 Å². The van der Waals surface area contributed by atoms with E-state index in [1.807, 2.05) is 36.7 Å². The van der Waals surface area contributed by atoms with Crippen molar-refractivity contribution in [2.45, 2.75) is 83.1 Å². The predicted octanol–water partition coefficient (Wildman–Crippen LogP) is 8.75. The number of halogens is 1. The fourth-order valence-corrected chi connectivity index (χ4v) is 14.3. The Balaban J connectivity index is 0.681. The second-order valence-corrected chi connectivity index (χ2v) is 26.0. The number of anilines is 4. The molecule has 22 nitrogen and oxygen atoms in total. The Morgan fingerprint density at radius 2 is 1.16 bits per heavy atom. The van der Waals surface area contributed by atoms with Gasteiger partial charge in [-0.15, -0.1) is 0 Å². The summed E-state index contributed by atoms with van der Waals surface area (Å²) in [4.78, 5) is 64.6. The number of aryl methyl sites for hydroxylation is 1. The van der Waals surface area contributed by atoms with Gasteiger partial charge in [0.25, 0.3) is 11.8 Å². The molecule has 0 N–H and O–H groups in total. The SMILES string of the molecule is Cc1cccc2cccc(N3CCc4c(nc(OCCOC5CC5c5cc(N6CCc7c(nc(OCCOC8CC8)nc7N7C=C(CC#N)N(C(=O)/C=C/CN8CCOCC8)CC7)C6)c6c(Cl)cccc6c5)nc4N4C=C(CC#N)N(C(=O)/C=C/CN5CCOCC5)CC4)C3)c12.